The van der Waals surface area contributed by atoms with E-state index in [-0.39, 0.29) is 22.6 Å². The van der Waals surface area contributed by atoms with Crippen LogP contribution in [0.1, 0.15) is 48.4 Å². The standard InChI is InChI=1S/C33H31NO8/c1-32(2,30(37)41-26-17-22-13-9-7-11-20(22)15-24(26)28(35)39-5)19-34-33(3,4)31(38)42-27-18-23-14-10-8-12-21(23)16-25(27)29(36)40-6/h7-19H,1-6H3. The Morgan fingerprint density at radius 3 is 1.40 bits per heavy atom. The molecule has 0 spiro atoms. The zero-order valence-corrected chi connectivity index (χ0v) is 24.2. The minimum absolute atomic E-state index is 0.0270. The van der Waals surface area contributed by atoms with Crippen LogP contribution in [-0.4, -0.2) is 49.9 Å². The summed E-state index contributed by atoms with van der Waals surface area (Å²) in [5.74, 6) is -2.71. The highest BCUT2D eigenvalue weighted by Gasteiger charge is 2.34. The molecule has 0 bridgehead atoms. The number of fused-ring (bicyclic) bond motifs is 2. The second-order valence-electron chi connectivity index (χ2n) is 10.7. The van der Waals surface area contributed by atoms with Gasteiger partial charge in [0.2, 0.25) is 0 Å². The van der Waals surface area contributed by atoms with Crippen LogP contribution in [0, 0.1) is 5.41 Å². The molecule has 4 aromatic rings. The lowest BCUT2D eigenvalue weighted by atomic mass is 9.94. The second kappa shape index (κ2) is 11.8. The third-order valence-corrected chi connectivity index (χ3v) is 6.65. The number of carbonyl (C=O) groups excluding carboxylic acids is 4. The van der Waals surface area contributed by atoms with Crippen molar-refractivity contribution in [1.29, 1.82) is 0 Å². The molecule has 0 aliphatic rings. The maximum Gasteiger partial charge on any atom is 0.341 e. The van der Waals surface area contributed by atoms with E-state index in [0.717, 1.165) is 21.5 Å². The van der Waals surface area contributed by atoms with Crippen LogP contribution in [0.25, 0.3) is 21.5 Å². The lowest BCUT2D eigenvalue weighted by molar-refractivity contribution is -0.141. The third kappa shape index (κ3) is 6.30. The van der Waals surface area contributed by atoms with Crippen LogP contribution in [-0.2, 0) is 19.1 Å². The van der Waals surface area contributed by atoms with E-state index in [2.05, 4.69) is 4.99 Å². The molecule has 0 aromatic heterocycles. The van der Waals surface area contributed by atoms with Crippen LogP contribution < -0.4 is 9.47 Å². The summed E-state index contributed by atoms with van der Waals surface area (Å²) in [6.45, 7) is 6.17. The van der Waals surface area contributed by atoms with E-state index in [9.17, 15) is 19.2 Å². The Labute approximate surface area is 243 Å². The molecule has 0 N–H and O–H groups in total. The highest BCUT2D eigenvalue weighted by molar-refractivity contribution is 6.02. The van der Waals surface area contributed by atoms with E-state index in [0.29, 0.717) is 0 Å². The van der Waals surface area contributed by atoms with Crippen molar-refractivity contribution in [2.45, 2.75) is 33.2 Å². The number of esters is 4. The van der Waals surface area contributed by atoms with Gasteiger partial charge in [-0.1, -0.05) is 48.5 Å². The molecular weight excluding hydrogens is 538 g/mol. The fourth-order valence-electron chi connectivity index (χ4n) is 4.03. The molecule has 0 heterocycles. The number of hydrogen-bond acceptors (Lipinski definition) is 9. The van der Waals surface area contributed by atoms with Gasteiger partial charge in [0.05, 0.1) is 19.6 Å². The zero-order valence-electron chi connectivity index (χ0n) is 24.2. The van der Waals surface area contributed by atoms with Gasteiger partial charge in [0, 0.05) is 6.21 Å². The first-order chi connectivity index (χ1) is 19.9. The minimum atomic E-state index is -1.45. The molecule has 0 aliphatic carbocycles. The molecule has 4 aromatic carbocycles. The molecule has 0 saturated heterocycles. The lowest BCUT2D eigenvalue weighted by Gasteiger charge is -2.23. The number of ether oxygens (including phenoxy) is 4. The average molecular weight is 570 g/mol. The Hall–Kier alpha value is -5.05. The zero-order chi connectivity index (χ0) is 30.7. The van der Waals surface area contributed by atoms with Gasteiger partial charge in [-0.05, 0) is 73.5 Å². The van der Waals surface area contributed by atoms with Gasteiger partial charge in [-0.3, -0.25) is 9.79 Å². The van der Waals surface area contributed by atoms with Crippen molar-refractivity contribution in [1.82, 2.24) is 0 Å². The van der Waals surface area contributed by atoms with E-state index >= 15 is 0 Å². The number of benzene rings is 4. The van der Waals surface area contributed by atoms with Gasteiger partial charge in [0.25, 0.3) is 0 Å². The van der Waals surface area contributed by atoms with E-state index in [1.165, 1.54) is 34.3 Å². The van der Waals surface area contributed by atoms with Gasteiger partial charge < -0.3 is 18.9 Å². The van der Waals surface area contributed by atoms with Gasteiger partial charge in [-0.25, -0.2) is 14.4 Å². The van der Waals surface area contributed by atoms with Crippen LogP contribution in [0.4, 0.5) is 0 Å². The molecule has 4 rings (SSSR count). The fourth-order valence-corrected chi connectivity index (χ4v) is 4.03. The Balaban J connectivity index is 1.56. The summed E-state index contributed by atoms with van der Waals surface area (Å²) in [5.41, 5.74) is -2.57. The molecule has 9 heteroatoms. The van der Waals surface area contributed by atoms with E-state index < -0.39 is 34.8 Å². The summed E-state index contributed by atoms with van der Waals surface area (Å²) < 4.78 is 21.0. The lowest BCUT2D eigenvalue weighted by Crippen LogP contribution is -2.37. The normalized spacial score (nSPS) is 11.9. The number of rotatable bonds is 8. The molecule has 216 valence electrons. The van der Waals surface area contributed by atoms with Crippen molar-refractivity contribution in [2.24, 2.45) is 10.4 Å². The first-order valence-corrected chi connectivity index (χ1v) is 13.1. The number of nitrogens with zero attached hydrogens (tertiary/aromatic N) is 1. The number of aliphatic imine (C=N–C) groups is 1. The van der Waals surface area contributed by atoms with Crippen LogP contribution in [0.2, 0.25) is 0 Å². The Morgan fingerprint density at radius 1 is 0.619 bits per heavy atom. The van der Waals surface area contributed by atoms with Gasteiger partial charge >= 0.3 is 23.9 Å². The molecule has 0 saturated carbocycles. The summed E-state index contributed by atoms with van der Waals surface area (Å²) >= 11 is 0. The predicted molar refractivity (Wildman–Crippen MR) is 158 cm³/mol. The third-order valence-electron chi connectivity index (χ3n) is 6.65. The largest absolute Gasteiger partial charge is 0.465 e. The molecular formula is C33H31NO8. The van der Waals surface area contributed by atoms with Crippen LogP contribution in [0.3, 0.4) is 0 Å². The molecule has 0 amide bonds. The van der Waals surface area contributed by atoms with Crippen molar-refractivity contribution < 1.29 is 38.1 Å². The monoisotopic (exact) mass is 569 g/mol. The van der Waals surface area contributed by atoms with Crippen molar-refractivity contribution >= 4 is 51.6 Å². The van der Waals surface area contributed by atoms with Gasteiger partial charge in [-0.15, -0.1) is 0 Å². The van der Waals surface area contributed by atoms with Crippen molar-refractivity contribution in [2.75, 3.05) is 14.2 Å². The van der Waals surface area contributed by atoms with Crippen LogP contribution in [0.15, 0.2) is 77.8 Å². The SMILES string of the molecule is COC(=O)c1cc2ccccc2cc1OC(=O)C(C)(C)C=NC(C)(C)C(=O)Oc1cc2ccccc2cc1C(=O)OC. The topological polar surface area (TPSA) is 118 Å². The van der Waals surface area contributed by atoms with Gasteiger partial charge in [0.15, 0.2) is 5.54 Å². The molecule has 0 aliphatic heterocycles. The van der Waals surface area contributed by atoms with E-state index in [4.69, 9.17) is 18.9 Å². The average Bonchev–Trinajstić information content (AvgIpc) is 2.98. The van der Waals surface area contributed by atoms with Crippen molar-refractivity contribution in [3.05, 3.63) is 83.9 Å². The number of carbonyl (C=O) groups is 4. The maximum absolute atomic E-state index is 13.3. The highest BCUT2D eigenvalue weighted by atomic mass is 16.6. The number of hydrogen-bond donors (Lipinski definition) is 0. The summed E-state index contributed by atoms with van der Waals surface area (Å²) in [7, 11) is 2.48. The Bertz CT molecular complexity index is 1610. The smallest absolute Gasteiger partial charge is 0.341 e. The fraction of sp³-hybridized carbons (Fsp3) is 0.242. The molecule has 42 heavy (non-hydrogen) atoms. The van der Waals surface area contributed by atoms with Gasteiger partial charge in [-0.2, -0.15) is 0 Å². The summed E-state index contributed by atoms with van der Waals surface area (Å²) in [6.07, 6.45) is 1.30. The van der Waals surface area contributed by atoms with Crippen LogP contribution in [0.5, 0.6) is 11.5 Å². The Kier molecular flexibility index (Phi) is 8.42. The Morgan fingerprint density at radius 2 is 1.00 bits per heavy atom. The first-order valence-electron chi connectivity index (χ1n) is 13.1. The second-order valence-corrected chi connectivity index (χ2v) is 10.7. The van der Waals surface area contributed by atoms with Crippen molar-refractivity contribution in [3.63, 3.8) is 0 Å². The number of methoxy groups -OCH3 is 2. The summed E-state index contributed by atoms with van der Waals surface area (Å²) in [6, 6.07) is 21.0. The van der Waals surface area contributed by atoms with E-state index in [1.807, 2.05) is 48.5 Å². The predicted octanol–water partition coefficient (Wildman–Crippen LogP) is 5.95. The molecule has 0 unspecified atom stereocenters. The minimum Gasteiger partial charge on any atom is -0.465 e. The summed E-state index contributed by atoms with van der Waals surface area (Å²) in [4.78, 5) is 55.7. The van der Waals surface area contributed by atoms with Gasteiger partial charge in [0.1, 0.15) is 22.6 Å². The first kappa shape index (κ1) is 29.9. The molecule has 0 fully saturated rings. The molecule has 0 atom stereocenters. The highest BCUT2D eigenvalue weighted by Crippen LogP contribution is 2.31. The van der Waals surface area contributed by atoms with Crippen molar-refractivity contribution in [3.8, 4) is 11.5 Å². The maximum atomic E-state index is 13.3. The van der Waals surface area contributed by atoms with Crippen LogP contribution >= 0.6 is 0 Å². The molecule has 9 nitrogen and oxygen atoms in total. The van der Waals surface area contributed by atoms with E-state index in [1.54, 1.807) is 38.1 Å². The summed E-state index contributed by atoms with van der Waals surface area (Å²) in [5, 5.41) is 3.08. The quantitative estimate of drug-likeness (QED) is 0.145. The molecule has 0 radical (unpaired) electrons.